The molecule has 31 heavy (non-hydrogen) atoms. The molecular weight excluding hydrogens is 376 g/mol. The fourth-order valence-electron chi connectivity index (χ4n) is 5.73. The van der Waals surface area contributed by atoms with Crippen molar-refractivity contribution in [1.82, 2.24) is 0 Å². The molecule has 0 bridgehead atoms. The molecule has 2 aromatic rings. The van der Waals surface area contributed by atoms with Gasteiger partial charge in [0.1, 0.15) is 0 Å². The second-order valence-corrected chi connectivity index (χ2v) is 9.30. The van der Waals surface area contributed by atoms with E-state index in [2.05, 4.69) is 87.7 Å². The Bertz CT molecular complexity index is 765. The third kappa shape index (κ3) is 5.27. The molecule has 1 saturated carbocycles. The SMILES string of the molecule is CCN(CC)c1ccc(C(c2ccc(N(CC)CC)cc2C)C2CCCCC2)c(C)c1. The van der Waals surface area contributed by atoms with Crippen LogP contribution in [0.3, 0.4) is 0 Å². The van der Waals surface area contributed by atoms with E-state index in [1.165, 1.54) is 54.6 Å². The zero-order valence-electron chi connectivity index (χ0n) is 20.9. The Morgan fingerprint density at radius 1 is 0.677 bits per heavy atom. The summed E-state index contributed by atoms with van der Waals surface area (Å²) >= 11 is 0. The maximum Gasteiger partial charge on any atom is 0.0368 e. The van der Waals surface area contributed by atoms with Crippen molar-refractivity contribution in [3.05, 3.63) is 58.7 Å². The maximum absolute atomic E-state index is 2.45. The lowest BCUT2D eigenvalue weighted by atomic mass is 9.71. The number of hydrogen-bond donors (Lipinski definition) is 0. The van der Waals surface area contributed by atoms with Crippen LogP contribution in [0.15, 0.2) is 36.4 Å². The normalized spacial score (nSPS) is 14.8. The summed E-state index contributed by atoms with van der Waals surface area (Å²) in [6.45, 7) is 17.9. The predicted octanol–water partition coefficient (Wildman–Crippen LogP) is 7.71. The Kier molecular flexibility index (Phi) is 8.46. The number of anilines is 2. The van der Waals surface area contributed by atoms with E-state index in [0.29, 0.717) is 5.92 Å². The van der Waals surface area contributed by atoms with Crippen molar-refractivity contribution in [1.29, 1.82) is 0 Å². The number of benzene rings is 2. The lowest BCUT2D eigenvalue weighted by molar-refractivity contribution is 0.326. The minimum atomic E-state index is 0.511. The minimum Gasteiger partial charge on any atom is -0.372 e. The summed E-state index contributed by atoms with van der Waals surface area (Å²) in [7, 11) is 0. The van der Waals surface area contributed by atoms with Gasteiger partial charge in [-0.25, -0.2) is 0 Å². The van der Waals surface area contributed by atoms with E-state index in [1.54, 1.807) is 11.1 Å². The van der Waals surface area contributed by atoms with Gasteiger partial charge < -0.3 is 9.80 Å². The first-order chi connectivity index (χ1) is 15.0. The second-order valence-electron chi connectivity index (χ2n) is 9.30. The molecule has 3 rings (SSSR count). The van der Waals surface area contributed by atoms with Crippen molar-refractivity contribution < 1.29 is 0 Å². The van der Waals surface area contributed by atoms with Crippen molar-refractivity contribution in [2.24, 2.45) is 5.92 Å². The molecule has 0 atom stereocenters. The van der Waals surface area contributed by atoms with Crippen LogP contribution in [0.5, 0.6) is 0 Å². The Morgan fingerprint density at radius 3 is 1.45 bits per heavy atom. The van der Waals surface area contributed by atoms with Gasteiger partial charge in [-0.2, -0.15) is 0 Å². The van der Waals surface area contributed by atoms with Crippen molar-refractivity contribution in [2.75, 3.05) is 36.0 Å². The van der Waals surface area contributed by atoms with Crippen LogP contribution in [0.25, 0.3) is 0 Å². The third-order valence-electron chi connectivity index (χ3n) is 7.56. The highest BCUT2D eigenvalue weighted by Crippen LogP contribution is 2.43. The van der Waals surface area contributed by atoms with Crippen LogP contribution in [-0.2, 0) is 0 Å². The Hall–Kier alpha value is -1.96. The van der Waals surface area contributed by atoms with Gasteiger partial charge in [0.25, 0.3) is 0 Å². The number of aryl methyl sites for hydroxylation is 2. The Labute approximate surface area is 191 Å². The van der Waals surface area contributed by atoms with Crippen LogP contribution in [0.2, 0.25) is 0 Å². The molecule has 0 heterocycles. The molecule has 0 aliphatic heterocycles. The Balaban J connectivity index is 2.04. The molecule has 0 N–H and O–H groups in total. The van der Waals surface area contributed by atoms with Crippen LogP contribution < -0.4 is 9.80 Å². The molecule has 2 aromatic carbocycles. The van der Waals surface area contributed by atoms with E-state index < -0.39 is 0 Å². The molecule has 0 saturated heterocycles. The molecule has 1 aliphatic carbocycles. The quantitative estimate of drug-likeness (QED) is 0.410. The molecule has 0 amide bonds. The minimum absolute atomic E-state index is 0.511. The smallest absolute Gasteiger partial charge is 0.0368 e. The lowest BCUT2D eigenvalue weighted by Crippen LogP contribution is -2.23. The third-order valence-corrected chi connectivity index (χ3v) is 7.56. The van der Waals surface area contributed by atoms with Crippen molar-refractivity contribution >= 4 is 11.4 Å². The van der Waals surface area contributed by atoms with Crippen LogP contribution in [-0.4, -0.2) is 26.2 Å². The molecule has 0 spiro atoms. The summed E-state index contributed by atoms with van der Waals surface area (Å²) in [6.07, 6.45) is 6.89. The number of rotatable bonds is 9. The van der Waals surface area contributed by atoms with E-state index in [0.717, 1.165) is 32.1 Å². The second kappa shape index (κ2) is 11.1. The van der Waals surface area contributed by atoms with E-state index in [1.807, 2.05) is 0 Å². The summed E-state index contributed by atoms with van der Waals surface area (Å²) in [5.74, 6) is 1.27. The fraction of sp³-hybridized carbons (Fsp3) is 0.586. The molecule has 1 fully saturated rings. The molecule has 170 valence electrons. The molecule has 0 unspecified atom stereocenters. The summed E-state index contributed by atoms with van der Waals surface area (Å²) in [5, 5.41) is 0. The zero-order valence-corrected chi connectivity index (χ0v) is 20.9. The summed E-state index contributed by atoms with van der Waals surface area (Å²) in [5.41, 5.74) is 8.71. The number of hydrogen-bond acceptors (Lipinski definition) is 2. The number of nitrogens with zero attached hydrogens (tertiary/aromatic N) is 2. The van der Waals surface area contributed by atoms with Crippen LogP contribution >= 0.6 is 0 Å². The van der Waals surface area contributed by atoms with Gasteiger partial charge in [0.2, 0.25) is 0 Å². The highest BCUT2D eigenvalue weighted by Gasteiger charge is 2.29. The average molecular weight is 421 g/mol. The first-order valence-corrected chi connectivity index (χ1v) is 12.7. The van der Waals surface area contributed by atoms with Crippen LogP contribution in [0.4, 0.5) is 11.4 Å². The maximum atomic E-state index is 2.45. The fourth-order valence-corrected chi connectivity index (χ4v) is 5.73. The molecule has 2 nitrogen and oxygen atoms in total. The van der Waals surface area contributed by atoms with E-state index in [4.69, 9.17) is 0 Å². The summed E-state index contributed by atoms with van der Waals surface area (Å²) in [6, 6.07) is 14.5. The van der Waals surface area contributed by atoms with Gasteiger partial charge in [-0.15, -0.1) is 0 Å². The molecular formula is C29H44N2. The van der Waals surface area contributed by atoms with Gasteiger partial charge >= 0.3 is 0 Å². The molecule has 2 heteroatoms. The molecule has 0 radical (unpaired) electrons. The van der Waals surface area contributed by atoms with Gasteiger partial charge in [0.15, 0.2) is 0 Å². The summed E-state index contributed by atoms with van der Waals surface area (Å²) < 4.78 is 0. The highest BCUT2D eigenvalue weighted by molar-refractivity contribution is 5.56. The topological polar surface area (TPSA) is 6.48 Å². The van der Waals surface area contributed by atoms with Gasteiger partial charge in [0.05, 0.1) is 0 Å². The largest absolute Gasteiger partial charge is 0.372 e. The standard InChI is InChI=1S/C29H44N2/c1-7-30(8-2)25-16-18-27(22(5)20-25)29(24-14-12-11-13-15-24)28-19-17-26(21-23(28)6)31(9-3)10-4/h16-21,24,29H,7-15H2,1-6H3. The highest BCUT2D eigenvalue weighted by atomic mass is 15.1. The van der Waals surface area contributed by atoms with Gasteiger partial charge in [-0.3, -0.25) is 0 Å². The predicted molar refractivity (Wildman–Crippen MR) is 138 cm³/mol. The van der Waals surface area contributed by atoms with Crippen LogP contribution in [0.1, 0.15) is 88.0 Å². The van der Waals surface area contributed by atoms with Gasteiger partial charge in [-0.1, -0.05) is 31.4 Å². The van der Waals surface area contributed by atoms with Crippen LogP contribution in [0, 0.1) is 19.8 Å². The average Bonchev–Trinajstić information content (AvgIpc) is 2.79. The van der Waals surface area contributed by atoms with E-state index >= 15 is 0 Å². The van der Waals surface area contributed by atoms with Gasteiger partial charge in [-0.05, 0) is 107 Å². The first-order valence-electron chi connectivity index (χ1n) is 12.7. The van der Waals surface area contributed by atoms with E-state index in [-0.39, 0.29) is 0 Å². The van der Waals surface area contributed by atoms with Crippen molar-refractivity contribution in [3.8, 4) is 0 Å². The van der Waals surface area contributed by atoms with E-state index in [9.17, 15) is 0 Å². The Morgan fingerprint density at radius 2 is 1.10 bits per heavy atom. The summed E-state index contributed by atoms with van der Waals surface area (Å²) in [4.78, 5) is 4.91. The molecule has 0 aromatic heterocycles. The van der Waals surface area contributed by atoms with Gasteiger partial charge in [0, 0.05) is 43.5 Å². The van der Waals surface area contributed by atoms with Crippen molar-refractivity contribution in [2.45, 2.75) is 79.6 Å². The molecule has 1 aliphatic rings. The lowest BCUT2D eigenvalue weighted by Gasteiger charge is -2.34. The zero-order chi connectivity index (χ0) is 22.4. The monoisotopic (exact) mass is 420 g/mol. The first kappa shape index (κ1) is 23.7. The van der Waals surface area contributed by atoms with Crippen molar-refractivity contribution in [3.63, 3.8) is 0 Å².